The Morgan fingerprint density at radius 1 is 0.923 bits per heavy atom. The molecule has 2 N–H and O–H groups in total. The fraction of sp³-hybridized carbons (Fsp3) is 0.227. The van der Waals surface area contributed by atoms with Gasteiger partial charge < -0.3 is 15.2 Å². The Labute approximate surface area is 154 Å². The van der Waals surface area contributed by atoms with Crippen LogP contribution >= 0.6 is 0 Å². The number of hydrogen-bond donors (Lipinski definition) is 2. The number of pyridine rings is 1. The highest BCUT2D eigenvalue weighted by Crippen LogP contribution is 2.19. The van der Waals surface area contributed by atoms with Gasteiger partial charge in [0.25, 0.3) is 0 Å². The molecule has 0 fully saturated rings. The zero-order valence-electron chi connectivity index (χ0n) is 14.9. The molecule has 1 atom stereocenters. The summed E-state index contributed by atoms with van der Waals surface area (Å²) in [6.45, 7) is 3.52. The van der Waals surface area contributed by atoms with Crippen molar-refractivity contribution in [1.29, 1.82) is 0 Å². The molecule has 134 valence electrons. The van der Waals surface area contributed by atoms with Gasteiger partial charge in [0.1, 0.15) is 12.4 Å². The zero-order valence-corrected chi connectivity index (χ0v) is 14.9. The molecule has 0 aliphatic heterocycles. The predicted octanol–water partition coefficient (Wildman–Crippen LogP) is 3.66. The molecule has 0 aliphatic carbocycles. The lowest BCUT2D eigenvalue weighted by molar-refractivity contribution is 0.0567. The number of nitrogens with zero attached hydrogens (tertiary/aromatic N) is 1. The predicted molar refractivity (Wildman–Crippen MR) is 103 cm³/mol. The molecule has 0 bridgehead atoms. The fourth-order valence-electron chi connectivity index (χ4n) is 2.70. The standard InChI is InChI=1S/C22H24N2O2/c1-22(25,20-5-3-2-4-6-20)17-24-15-18-7-9-21(10-8-18)26-16-19-11-13-23-14-12-19/h2-14,24-25H,15-17H2,1H3. The van der Waals surface area contributed by atoms with Crippen LogP contribution in [-0.2, 0) is 18.8 Å². The molecule has 0 saturated heterocycles. The summed E-state index contributed by atoms with van der Waals surface area (Å²) in [6, 6.07) is 21.6. The van der Waals surface area contributed by atoms with Crippen molar-refractivity contribution in [2.24, 2.45) is 0 Å². The van der Waals surface area contributed by atoms with E-state index in [1.807, 2.05) is 73.7 Å². The SMILES string of the molecule is CC(O)(CNCc1ccc(OCc2ccncc2)cc1)c1ccccc1. The summed E-state index contributed by atoms with van der Waals surface area (Å²) < 4.78 is 5.78. The average molecular weight is 348 g/mol. The first-order chi connectivity index (χ1) is 12.6. The largest absolute Gasteiger partial charge is 0.489 e. The highest BCUT2D eigenvalue weighted by molar-refractivity contribution is 5.28. The lowest BCUT2D eigenvalue weighted by atomic mass is 9.96. The summed E-state index contributed by atoms with van der Waals surface area (Å²) in [5.41, 5.74) is 2.25. The number of aromatic nitrogens is 1. The quantitative estimate of drug-likeness (QED) is 0.652. The fourth-order valence-corrected chi connectivity index (χ4v) is 2.70. The topological polar surface area (TPSA) is 54.4 Å². The molecular weight excluding hydrogens is 324 g/mol. The van der Waals surface area contributed by atoms with Crippen molar-refractivity contribution in [2.45, 2.75) is 25.7 Å². The van der Waals surface area contributed by atoms with E-state index in [2.05, 4.69) is 10.3 Å². The molecule has 4 heteroatoms. The van der Waals surface area contributed by atoms with Crippen molar-refractivity contribution in [2.75, 3.05) is 6.54 Å². The number of hydrogen-bond acceptors (Lipinski definition) is 4. The summed E-state index contributed by atoms with van der Waals surface area (Å²) >= 11 is 0. The number of nitrogens with one attached hydrogen (secondary N) is 1. The smallest absolute Gasteiger partial charge is 0.119 e. The molecule has 1 unspecified atom stereocenters. The third kappa shape index (κ3) is 5.15. The lowest BCUT2D eigenvalue weighted by Gasteiger charge is -2.24. The normalized spacial score (nSPS) is 13.2. The monoisotopic (exact) mass is 348 g/mol. The van der Waals surface area contributed by atoms with Crippen molar-refractivity contribution in [3.05, 3.63) is 95.8 Å². The molecule has 0 aliphatic rings. The number of benzene rings is 2. The molecule has 3 rings (SSSR count). The molecule has 0 radical (unpaired) electrons. The maximum Gasteiger partial charge on any atom is 0.119 e. The molecular formula is C22H24N2O2. The maximum absolute atomic E-state index is 10.6. The molecule has 2 aromatic carbocycles. The van der Waals surface area contributed by atoms with E-state index in [-0.39, 0.29) is 0 Å². The summed E-state index contributed by atoms with van der Waals surface area (Å²) in [7, 11) is 0. The van der Waals surface area contributed by atoms with E-state index in [0.717, 1.165) is 22.4 Å². The van der Waals surface area contributed by atoms with Gasteiger partial charge >= 0.3 is 0 Å². The minimum Gasteiger partial charge on any atom is -0.489 e. The Bertz CT molecular complexity index is 787. The Hall–Kier alpha value is -2.69. The Morgan fingerprint density at radius 3 is 2.31 bits per heavy atom. The third-order valence-electron chi connectivity index (χ3n) is 4.27. The molecule has 4 nitrogen and oxygen atoms in total. The van der Waals surface area contributed by atoms with Crippen LogP contribution in [0.25, 0.3) is 0 Å². The molecule has 0 saturated carbocycles. The van der Waals surface area contributed by atoms with Crippen molar-refractivity contribution in [3.63, 3.8) is 0 Å². The first-order valence-electron chi connectivity index (χ1n) is 8.73. The average Bonchev–Trinajstić information content (AvgIpc) is 2.69. The second-order valence-electron chi connectivity index (χ2n) is 6.53. The van der Waals surface area contributed by atoms with E-state index in [0.29, 0.717) is 19.7 Å². The van der Waals surface area contributed by atoms with Gasteiger partial charge in [-0.2, -0.15) is 0 Å². The van der Waals surface area contributed by atoms with Gasteiger partial charge in [-0.05, 0) is 47.9 Å². The Morgan fingerprint density at radius 2 is 1.62 bits per heavy atom. The maximum atomic E-state index is 10.6. The van der Waals surface area contributed by atoms with Gasteiger partial charge in [-0.3, -0.25) is 4.98 Å². The molecule has 1 heterocycles. The molecule has 1 aromatic heterocycles. The van der Waals surface area contributed by atoms with Crippen LogP contribution in [0.15, 0.2) is 79.1 Å². The third-order valence-corrected chi connectivity index (χ3v) is 4.27. The van der Waals surface area contributed by atoms with Gasteiger partial charge in [-0.25, -0.2) is 0 Å². The minimum absolute atomic E-state index is 0.483. The van der Waals surface area contributed by atoms with Gasteiger partial charge in [-0.1, -0.05) is 42.5 Å². The zero-order chi connectivity index (χ0) is 18.2. The summed E-state index contributed by atoms with van der Waals surface area (Å²) in [6.07, 6.45) is 3.52. The summed E-state index contributed by atoms with van der Waals surface area (Å²) in [5.74, 6) is 0.835. The van der Waals surface area contributed by atoms with E-state index in [1.165, 1.54) is 0 Å². The van der Waals surface area contributed by atoms with E-state index >= 15 is 0 Å². The molecule has 0 spiro atoms. The van der Waals surface area contributed by atoms with Gasteiger partial charge in [0.05, 0.1) is 5.60 Å². The summed E-state index contributed by atoms with van der Waals surface area (Å²) in [5, 5.41) is 13.9. The molecule has 0 amide bonds. The van der Waals surface area contributed by atoms with E-state index in [1.54, 1.807) is 12.4 Å². The van der Waals surface area contributed by atoms with Crippen molar-refractivity contribution in [1.82, 2.24) is 10.3 Å². The van der Waals surface area contributed by atoms with Crippen LogP contribution in [0.4, 0.5) is 0 Å². The van der Waals surface area contributed by atoms with Crippen LogP contribution in [0.3, 0.4) is 0 Å². The van der Waals surface area contributed by atoms with Crippen LogP contribution < -0.4 is 10.1 Å². The van der Waals surface area contributed by atoms with Crippen LogP contribution in [0.5, 0.6) is 5.75 Å². The minimum atomic E-state index is -0.894. The highest BCUT2D eigenvalue weighted by Gasteiger charge is 2.21. The van der Waals surface area contributed by atoms with Crippen molar-refractivity contribution in [3.8, 4) is 5.75 Å². The van der Waals surface area contributed by atoms with Gasteiger partial charge in [0.2, 0.25) is 0 Å². The van der Waals surface area contributed by atoms with E-state index < -0.39 is 5.60 Å². The second-order valence-corrected chi connectivity index (χ2v) is 6.53. The Kier molecular flexibility index (Phi) is 6.00. The number of ether oxygens (including phenoxy) is 1. The van der Waals surface area contributed by atoms with Crippen LogP contribution in [0.1, 0.15) is 23.6 Å². The van der Waals surface area contributed by atoms with Crippen LogP contribution in [0.2, 0.25) is 0 Å². The van der Waals surface area contributed by atoms with Crippen molar-refractivity contribution >= 4 is 0 Å². The van der Waals surface area contributed by atoms with Crippen LogP contribution in [0, 0.1) is 0 Å². The highest BCUT2D eigenvalue weighted by atomic mass is 16.5. The number of aliphatic hydroxyl groups is 1. The lowest BCUT2D eigenvalue weighted by Crippen LogP contribution is -2.35. The van der Waals surface area contributed by atoms with Gasteiger partial charge in [0.15, 0.2) is 0 Å². The van der Waals surface area contributed by atoms with Gasteiger partial charge in [0, 0.05) is 25.5 Å². The second kappa shape index (κ2) is 8.61. The van der Waals surface area contributed by atoms with E-state index in [4.69, 9.17) is 4.74 Å². The van der Waals surface area contributed by atoms with E-state index in [9.17, 15) is 5.11 Å². The molecule has 26 heavy (non-hydrogen) atoms. The van der Waals surface area contributed by atoms with Crippen LogP contribution in [-0.4, -0.2) is 16.6 Å². The van der Waals surface area contributed by atoms with Gasteiger partial charge in [-0.15, -0.1) is 0 Å². The number of rotatable bonds is 8. The first-order valence-corrected chi connectivity index (χ1v) is 8.73. The van der Waals surface area contributed by atoms with Crippen molar-refractivity contribution < 1.29 is 9.84 Å². The molecule has 3 aromatic rings. The summed E-state index contributed by atoms with van der Waals surface area (Å²) in [4.78, 5) is 4.00. The first kappa shape index (κ1) is 18.1. The Balaban J connectivity index is 1.47.